The maximum absolute atomic E-state index is 13.1. The summed E-state index contributed by atoms with van der Waals surface area (Å²) < 4.78 is 78.4. The van der Waals surface area contributed by atoms with E-state index in [-0.39, 0.29) is 6.07 Å². The Morgan fingerprint density at radius 3 is 2.18 bits per heavy atom. The lowest BCUT2D eigenvalue weighted by molar-refractivity contribution is -0.143. The van der Waals surface area contributed by atoms with Crippen molar-refractivity contribution in [3.05, 3.63) is 65.0 Å². The highest BCUT2D eigenvalue weighted by atomic mass is 19.4. The van der Waals surface area contributed by atoms with E-state index in [9.17, 15) is 31.1 Å². The molecule has 3 N–H and O–H groups in total. The summed E-state index contributed by atoms with van der Waals surface area (Å²) in [5.41, 5.74) is 1.85. The van der Waals surface area contributed by atoms with E-state index in [1.807, 2.05) is 0 Å². The summed E-state index contributed by atoms with van der Waals surface area (Å²) in [4.78, 5) is 18.7. The molecule has 10 heteroatoms. The third kappa shape index (κ3) is 3.85. The molecule has 1 aromatic carbocycles. The van der Waals surface area contributed by atoms with Crippen molar-refractivity contribution < 1.29 is 31.1 Å². The Balaban J connectivity index is 2.24. The number of hydrogen-bond donors (Lipinski definition) is 2. The summed E-state index contributed by atoms with van der Waals surface area (Å²) in [6, 6.07) is 4.11. The Labute approximate surface area is 153 Å². The van der Waals surface area contributed by atoms with Crippen LogP contribution in [0, 0.1) is 0 Å². The number of nitrogens with two attached hydrogens (primary N) is 1. The van der Waals surface area contributed by atoms with Crippen LogP contribution in [0.5, 0.6) is 0 Å². The number of carbonyl (C=O) groups excluding carboxylic acids is 1. The van der Waals surface area contributed by atoms with Crippen LogP contribution in [0.2, 0.25) is 0 Å². The SMILES string of the molecule is NC(=O)/C(=C\c1c[nH]c2ncccc12)c1cc(C(F)(F)F)cc(C(F)(F)F)c1. The van der Waals surface area contributed by atoms with Gasteiger partial charge in [0.05, 0.1) is 11.1 Å². The lowest BCUT2D eigenvalue weighted by Gasteiger charge is -2.15. The molecule has 0 radical (unpaired) electrons. The minimum atomic E-state index is -5.04. The Bertz CT molecular complexity index is 1050. The third-order valence-corrected chi connectivity index (χ3v) is 3.95. The van der Waals surface area contributed by atoms with Crippen molar-refractivity contribution in [3.63, 3.8) is 0 Å². The van der Waals surface area contributed by atoms with Gasteiger partial charge in [-0.15, -0.1) is 0 Å². The van der Waals surface area contributed by atoms with Crippen molar-refractivity contribution in [2.45, 2.75) is 12.4 Å². The van der Waals surface area contributed by atoms with Gasteiger partial charge in [-0.2, -0.15) is 26.3 Å². The van der Waals surface area contributed by atoms with E-state index in [1.54, 1.807) is 12.1 Å². The number of H-pyrrole nitrogens is 1. The summed E-state index contributed by atoms with van der Waals surface area (Å²) in [5, 5.41) is 0.518. The highest BCUT2D eigenvalue weighted by Crippen LogP contribution is 2.38. The topological polar surface area (TPSA) is 71.8 Å². The summed E-state index contributed by atoms with van der Waals surface area (Å²) >= 11 is 0. The molecular formula is C18H11F6N3O. The van der Waals surface area contributed by atoms with Gasteiger partial charge in [-0.25, -0.2) is 4.98 Å². The molecule has 0 saturated heterocycles. The van der Waals surface area contributed by atoms with Crippen LogP contribution < -0.4 is 5.73 Å². The Hall–Kier alpha value is -3.30. The van der Waals surface area contributed by atoms with Crippen molar-refractivity contribution in [1.29, 1.82) is 0 Å². The molecule has 0 unspecified atom stereocenters. The number of pyridine rings is 1. The number of nitrogens with zero attached hydrogens (tertiary/aromatic N) is 1. The summed E-state index contributed by atoms with van der Waals surface area (Å²) in [6.45, 7) is 0. The predicted octanol–water partition coefficient (Wildman–Crippen LogP) is 4.63. The quantitative estimate of drug-likeness (QED) is 0.498. The first-order chi connectivity index (χ1) is 13.0. The fraction of sp³-hybridized carbons (Fsp3) is 0.111. The molecule has 0 fully saturated rings. The largest absolute Gasteiger partial charge is 0.416 e. The molecule has 2 aromatic heterocycles. The molecule has 0 saturated carbocycles. The van der Waals surface area contributed by atoms with Crippen LogP contribution in [0.4, 0.5) is 26.3 Å². The first-order valence-corrected chi connectivity index (χ1v) is 7.70. The van der Waals surface area contributed by atoms with Crippen LogP contribution in [0.25, 0.3) is 22.7 Å². The number of rotatable bonds is 3. The van der Waals surface area contributed by atoms with Gasteiger partial charge >= 0.3 is 12.4 Å². The number of carbonyl (C=O) groups is 1. The Morgan fingerprint density at radius 1 is 1.04 bits per heavy atom. The fourth-order valence-electron chi connectivity index (χ4n) is 2.66. The van der Waals surface area contributed by atoms with E-state index in [1.165, 1.54) is 12.4 Å². The highest BCUT2D eigenvalue weighted by molar-refractivity contribution is 6.24. The fourth-order valence-corrected chi connectivity index (χ4v) is 2.66. The zero-order chi connectivity index (χ0) is 20.7. The number of alkyl halides is 6. The molecule has 0 atom stereocenters. The molecule has 1 amide bonds. The zero-order valence-electron chi connectivity index (χ0n) is 13.8. The summed E-state index contributed by atoms with van der Waals surface area (Å²) in [7, 11) is 0. The van der Waals surface area contributed by atoms with Gasteiger partial charge in [0.1, 0.15) is 5.65 Å². The predicted molar refractivity (Wildman–Crippen MR) is 89.6 cm³/mol. The monoisotopic (exact) mass is 399 g/mol. The van der Waals surface area contributed by atoms with Crippen molar-refractivity contribution in [2.75, 3.05) is 0 Å². The highest BCUT2D eigenvalue weighted by Gasteiger charge is 2.37. The average molecular weight is 399 g/mol. The first kappa shape index (κ1) is 19.5. The van der Waals surface area contributed by atoms with E-state index in [2.05, 4.69) is 9.97 Å². The zero-order valence-corrected chi connectivity index (χ0v) is 13.8. The molecule has 3 aromatic rings. The van der Waals surface area contributed by atoms with E-state index >= 15 is 0 Å². The van der Waals surface area contributed by atoms with E-state index in [0.717, 1.165) is 6.08 Å². The van der Waals surface area contributed by atoms with Crippen LogP contribution in [0.3, 0.4) is 0 Å². The smallest absolute Gasteiger partial charge is 0.366 e. The molecule has 4 nitrogen and oxygen atoms in total. The number of fused-ring (bicyclic) bond motifs is 1. The molecular weight excluding hydrogens is 388 g/mol. The van der Waals surface area contributed by atoms with Crippen molar-refractivity contribution in [1.82, 2.24) is 9.97 Å². The van der Waals surface area contributed by atoms with E-state index in [0.29, 0.717) is 28.7 Å². The first-order valence-electron chi connectivity index (χ1n) is 7.70. The van der Waals surface area contributed by atoms with Gasteiger partial charge in [0.15, 0.2) is 0 Å². The molecule has 28 heavy (non-hydrogen) atoms. The van der Waals surface area contributed by atoms with Crippen molar-refractivity contribution >= 4 is 28.6 Å². The molecule has 146 valence electrons. The molecule has 0 bridgehead atoms. The van der Waals surface area contributed by atoms with E-state index < -0.39 is 40.5 Å². The lowest BCUT2D eigenvalue weighted by atomic mass is 9.97. The normalized spacial score (nSPS) is 13.1. The number of amides is 1. The van der Waals surface area contributed by atoms with Crippen LogP contribution in [0.15, 0.2) is 42.7 Å². The molecule has 0 spiro atoms. The van der Waals surface area contributed by atoms with Crippen molar-refractivity contribution in [2.24, 2.45) is 5.73 Å². The number of halogens is 6. The molecule has 3 rings (SSSR count). The summed E-state index contributed by atoms with van der Waals surface area (Å²) in [6.07, 6.45) is -6.05. The van der Waals surface area contributed by atoms with Crippen LogP contribution in [0.1, 0.15) is 22.3 Å². The number of aromatic nitrogens is 2. The average Bonchev–Trinajstić information content (AvgIpc) is 3.00. The van der Waals surface area contributed by atoms with Gasteiger partial charge in [0, 0.05) is 28.9 Å². The molecule has 0 aliphatic carbocycles. The molecule has 0 aliphatic heterocycles. The van der Waals surface area contributed by atoms with Crippen molar-refractivity contribution in [3.8, 4) is 0 Å². The van der Waals surface area contributed by atoms with Gasteiger partial charge in [-0.1, -0.05) is 0 Å². The van der Waals surface area contributed by atoms with Crippen LogP contribution >= 0.6 is 0 Å². The number of aromatic amines is 1. The second-order valence-corrected chi connectivity index (χ2v) is 5.86. The number of benzene rings is 1. The Morgan fingerprint density at radius 2 is 1.64 bits per heavy atom. The maximum atomic E-state index is 13.1. The third-order valence-electron chi connectivity index (χ3n) is 3.95. The molecule has 2 heterocycles. The van der Waals surface area contributed by atoms with E-state index in [4.69, 9.17) is 5.73 Å². The lowest BCUT2D eigenvalue weighted by Crippen LogP contribution is -2.16. The van der Waals surface area contributed by atoms with Crippen LogP contribution in [-0.4, -0.2) is 15.9 Å². The van der Waals surface area contributed by atoms with Gasteiger partial charge in [0.25, 0.3) is 0 Å². The van der Waals surface area contributed by atoms with Gasteiger partial charge in [0.2, 0.25) is 5.91 Å². The minimum absolute atomic E-state index is 0.0161. The number of hydrogen-bond acceptors (Lipinski definition) is 2. The summed E-state index contributed by atoms with van der Waals surface area (Å²) in [5.74, 6) is -1.18. The maximum Gasteiger partial charge on any atom is 0.416 e. The second kappa shape index (κ2) is 6.70. The number of nitrogens with one attached hydrogen (secondary N) is 1. The van der Waals surface area contributed by atoms with Gasteiger partial charge in [-0.3, -0.25) is 4.79 Å². The standard InChI is InChI=1S/C18H11F6N3O/c19-17(20,21)11-4-9(5-12(7-11)18(22,23)24)14(15(25)28)6-10-8-27-16-13(10)2-1-3-26-16/h1-8H,(H2,25,28)(H,26,27)/b14-6-. The van der Waals surface area contributed by atoms with Gasteiger partial charge in [-0.05, 0) is 42.0 Å². The Kier molecular flexibility index (Phi) is 4.66. The minimum Gasteiger partial charge on any atom is -0.366 e. The second-order valence-electron chi connectivity index (χ2n) is 5.86. The van der Waals surface area contributed by atoms with Gasteiger partial charge < -0.3 is 10.7 Å². The molecule has 0 aliphatic rings. The van der Waals surface area contributed by atoms with Crippen LogP contribution in [-0.2, 0) is 17.1 Å². The number of primary amides is 1.